The molecule has 0 N–H and O–H groups in total. The Morgan fingerprint density at radius 3 is 2.77 bits per heavy atom. The van der Waals surface area contributed by atoms with Crippen LogP contribution in [0.5, 0.6) is 0 Å². The SMILES string of the molecule is CC1=C(F)C2CCC(C)CC2CC1. The Labute approximate surface area is 80.2 Å². The number of rotatable bonds is 0. The Balaban J connectivity index is 2.14. The molecule has 2 aliphatic carbocycles. The second-order valence-electron chi connectivity index (χ2n) is 4.95. The first-order chi connectivity index (χ1) is 6.18. The maximum Gasteiger partial charge on any atom is 0.102 e. The molecule has 2 aliphatic rings. The minimum atomic E-state index is 0.239. The molecule has 1 saturated carbocycles. The molecule has 0 amide bonds. The lowest BCUT2D eigenvalue weighted by Gasteiger charge is -2.37. The lowest BCUT2D eigenvalue weighted by Crippen LogP contribution is -2.27. The summed E-state index contributed by atoms with van der Waals surface area (Å²) in [4.78, 5) is 0. The molecule has 0 spiro atoms. The van der Waals surface area contributed by atoms with E-state index < -0.39 is 0 Å². The average molecular weight is 182 g/mol. The summed E-state index contributed by atoms with van der Waals surface area (Å²) in [5, 5.41) is 0. The van der Waals surface area contributed by atoms with Crippen molar-refractivity contribution in [3.63, 3.8) is 0 Å². The molecule has 3 unspecified atom stereocenters. The number of fused-ring (bicyclic) bond motifs is 1. The maximum atomic E-state index is 13.7. The van der Waals surface area contributed by atoms with Gasteiger partial charge in [0.2, 0.25) is 0 Å². The summed E-state index contributed by atoms with van der Waals surface area (Å²) < 4.78 is 13.7. The quantitative estimate of drug-likeness (QED) is 0.529. The van der Waals surface area contributed by atoms with Crippen molar-refractivity contribution in [3.05, 3.63) is 11.4 Å². The van der Waals surface area contributed by atoms with E-state index in [9.17, 15) is 4.39 Å². The van der Waals surface area contributed by atoms with E-state index in [0.717, 1.165) is 24.3 Å². The van der Waals surface area contributed by atoms with Crippen LogP contribution in [0.25, 0.3) is 0 Å². The summed E-state index contributed by atoms with van der Waals surface area (Å²) >= 11 is 0. The van der Waals surface area contributed by atoms with Gasteiger partial charge >= 0.3 is 0 Å². The molecule has 1 fully saturated rings. The molecule has 2 rings (SSSR count). The third-order valence-corrected chi connectivity index (χ3v) is 3.87. The summed E-state index contributed by atoms with van der Waals surface area (Å²) in [7, 11) is 0. The zero-order valence-corrected chi connectivity index (χ0v) is 8.65. The molecule has 0 aromatic heterocycles. The summed E-state index contributed by atoms with van der Waals surface area (Å²) in [5.41, 5.74) is 1.02. The van der Waals surface area contributed by atoms with Gasteiger partial charge in [-0.2, -0.15) is 0 Å². The topological polar surface area (TPSA) is 0 Å². The zero-order valence-electron chi connectivity index (χ0n) is 8.65. The predicted octanol–water partition coefficient (Wildman–Crippen LogP) is 4.08. The van der Waals surface area contributed by atoms with E-state index in [1.165, 1.54) is 19.3 Å². The van der Waals surface area contributed by atoms with Crippen molar-refractivity contribution in [1.82, 2.24) is 0 Å². The van der Waals surface area contributed by atoms with Crippen LogP contribution in [0.15, 0.2) is 11.4 Å². The number of hydrogen-bond acceptors (Lipinski definition) is 0. The normalized spacial score (nSPS) is 40.4. The molecule has 0 aromatic rings. The van der Waals surface area contributed by atoms with Crippen LogP contribution < -0.4 is 0 Å². The number of halogens is 1. The summed E-state index contributed by atoms with van der Waals surface area (Å²) in [6.45, 7) is 4.27. The smallest absolute Gasteiger partial charge is 0.102 e. The monoisotopic (exact) mass is 182 g/mol. The molecule has 0 saturated heterocycles. The second kappa shape index (κ2) is 3.43. The fourth-order valence-electron chi connectivity index (χ4n) is 2.99. The minimum Gasteiger partial charge on any atom is -0.212 e. The van der Waals surface area contributed by atoms with Crippen LogP contribution in [0.2, 0.25) is 0 Å². The van der Waals surface area contributed by atoms with Crippen molar-refractivity contribution in [2.45, 2.75) is 46.0 Å². The second-order valence-corrected chi connectivity index (χ2v) is 4.95. The molecule has 0 aliphatic heterocycles. The van der Waals surface area contributed by atoms with E-state index in [1.807, 2.05) is 6.92 Å². The van der Waals surface area contributed by atoms with E-state index in [4.69, 9.17) is 0 Å². The summed E-state index contributed by atoms with van der Waals surface area (Å²) in [6, 6.07) is 0. The van der Waals surface area contributed by atoms with Crippen molar-refractivity contribution in [2.75, 3.05) is 0 Å². The number of allylic oxidation sites excluding steroid dienone is 2. The standard InChI is InChI=1S/C12H19F/c1-8-3-6-11-10(7-8)5-4-9(2)12(11)13/h8,10-11H,3-7H2,1-2H3. The van der Waals surface area contributed by atoms with Gasteiger partial charge in [-0.15, -0.1) is 0 Å². The Kier molecular flexibility index (Phi) is 2.44. The van der Waals surface area contributed by atoms with Crippen molar-refractivity contribution >= 4 is 0 Å². The van der Waals surface area contributed by atoms with Crippen molar-refractivity contribution in [2.24, 2.45) is 17.8 Å². The molecule has 0 radical (unpaired) electrons. The van der Waals surface area contributed by atoms with Gasteiger partial charge in [-0.3, -0.25) is 0 Å². The molecular weight excluding hydrogens is 163 g/mol. The van der Waals surface area contributed by atoms with Gasteiger partial charge in [0.25, 0.3) is 0 Å². The van der Waals surface area contributed by atoms with Gasteiger partial charge in [0, 0.05) is 5.92 Å². The molecule has 13 heavy (non-hydrogen) atoms. The Morgan fingerprint density at radius 2 is 2.00 bits per heavy atom. The molecule has 74 valence electrons. The fourth-order valence-corrected chi connectivity index (χ4v) is 2.99. The molecule has 0 aromatic carbocycles. The van der Waals surface area contributed by atoms with Gasteiger partial charge in [-0.1, -0.05) is 13.3 Å². The highest BCUT2D eigenvalue weighted by atomic mass is 19.1. The first-order valence-corrected chi connectivity index (χ1v) is 5.53. The largest absolute Gasteiger partial charge is 0.212 e. The highest BCUT2D eigenvalue weighted by molar-refractivity contribution is 5.14. The molecular formula is C12H19F. The van der Waals surface area contributed by atoms with Crippen LogP contribution in [-0.2, 0) is 0 Å². The van der Waals surface area contributed by atoms with E-state index in [1.54, 1.807) is 0 Å². The van der Waals surface area contributed by atoms with Crippen LogP contribution in [0.3, 0.4) is 0 Å². The molecule has 0 heterocycles. The van der Waals surface area contributed by atoms with E-state index >= 15 is 0 Å². The molecule has 1 heteroatoms. The van der Waals surface area contributed by atoms with Gasteiger partial charge in [0.05, 0.1) is 0 Å². The highest BCUT2D eigenvalue weighted by Gasteiger charge is 2.34. The third-order valence-electron chi connectivity index (χ3n) is 3.87. The van der Waals surface area contributed by atoms with E-state index in [0.29, 0.717) is 11.8 Å². The zero-order chi connectivity index (χ0) is 9.42. The van der Waals surface area contributed by atoms with Gasteiger partial charge in [-0.25, -0.2) is 4.39 Å². The van der Waals surface area contributed by atoms with Gasteiger partial charge in [0.15, 0.2) is 0 Å². The van der Waals surface area contributed by atoms with Crippen LogP contribution in [0, 0.1) is 17.8 Å². The lowest BCUT2D eigenvalue weighted by atomic mass is 9.69. The molecule has 0 nitrogen and oxygen atoms in total. The maximum absolute atomic E-state index is 13.7. The highest BCUT2D eigenvalue weighted by Crippen LogP contribution is 2.45. The minimum absolute atomic E-state index is 0.239. The lowest BCUT2D eigenvalue weighted by molar-refractivity contribution is 0.169. The Hall–Kier alpha value is -0.330. The van der Waals surface area contributed by atoms with Gasteiger partial charge in [0.1, 0.15) is 5.83 Å². The van der Waals surface area contributed by atoms with Gasteiger partial charge in [-0.05, 0) is 50.0 Å². The number of hydrogen-bond donors (Lipinski definition) is 0. The van der Waals surface area contributed by atoms with Crippen LogP contribution in [0.4, 0.5) is 4.39 Å². The first kappa shape index (κ1) is 9.23. The molecule has 3 atom stereocenters. The third kappa shape index (κ3) is 1.66. The Morgan fingerprint density at radius 1 is 1.23 bits per heavy atom. The average Bonchev–Trinajstić information content (AvgIpc) is 2.12. The van der Waals surface area contributed by atoms with Crippen molar-refractivity contribution < 1.29 is 4.39 Å². The summed E-state index contributed by atoms with van der Waals surface area (Å²) in [6.07, 6.45) is 5.80. The van der Waals surface area contributed by atoms with Crippen LogP contribution >= 0.6 is 0 Å². The fraction of sp³-hybridized carbons (Fsp3) is 0.833. The van der Waals surface area contributed by atoms with Crippen LogP contribution in [-0.4, -0.2) is 0 Å². The Bertz CT molecular complexity index is 229. The predicted molar refractivity (Wildman–Crippen MR) is 53.0 cm³/mol. The van der Waals surface area contributed by atoms with Crippen molar-refractivity contribution in [3.8, 4) is 0 Å². The molecule has 0 bridgehead atoms. The van der Waals surface area contributed by atoms with Gasteiger partial charge < -0.3 is 0 Å². The van der Waals surface area contributed by atoms with Crippen molar-refractivity contribution in [1.29, 1.82) is 0 Å². The van der Waals surface area contributed by atoms with Crippen LogP contribution in [0.1, 0.15) is 46.0 Å². The van der Waals surface area contributed by atoms with E-state index in [-0.39, 0.29) is 5.83 Å². The first-order valence-electron chi connectivity index (χ1n) is 5.53. The summed E-state index contributed by atoms with van der Waals surface area (Å²) in [5.74, 6) is 2.02. The van der Waals surface area contributed by atoms with E-state index in [2.05, 4.69) is 6.92 Å².